The molecule has 1 aromatic carbocycles. The number of hydrogen-bond acceptors (Lipinski definition) is 1. The second kappa shape index (κ2) is 4.62. The maximum absolute atomic E-state index is 13.5. The SMILES string of the molecule is CC(C)n1c2c(c3cc(F)ccc31)CC(C(=O)O)CC2. The minimum Gasteiger partial charge on any atom is -0.481 e. The molecule has 0 saturated heterocycles. The number of nitrogens with zero attached hydrogens (tertiary/aromatic N) is 1. The molecule has 1 aliphatic rings. The minimum atomic E-state index is -0.752. The molecule has 1 N–H and O–H groups in total. The van der Waals surface area contributed by atoms with Gasteiger partial charge in [0.15, 0.2) is 0 Å². The second-order valence-corrected chi connectivity index (χ2v) is 5.83. The van der Waals surface area contributed by atoms with Crippen molar-refractivity contribution in [3.05, 3.63) is 35.3 Å². The van der Waals surface area contributed by atoms with Crippen molar-refractivity contribution in [3.63, 3.8) is 0 Å². The van der Waals surface area contributed by atoms with Gasteiger partial charge in [-0.25, -0.2) is 4.39 Å². The van der Waals surface area contributed by atoms with Crippen molar-refractivity contribution >= 4 is 16.9 Å². The zero-order valence-corrected chi connectivity index (χ0v) is 11.7. The summed E-state index contributed by atoms with van der Waals surface area (Å²) in [6, 6.07) is 5.10. The summed E-state index contributed by atoms with van der Waals surface area (Å²) in [7, 11) is 0. The zero-order valence-electron chi connectivity index (χ0n) is 11.7. The van der Waals surface area contributed by atoms with Gasteiger partial charge in [0, 0.05) is 22.6 Å². The highest BCUT2D eigenvalue weighted by Gasteiger charge is 2.29. The molecule has 0 amide bonds. The van der Waals surface area contributed by atoms with Crippen LogP contribution in [0.25, 0.3) is 10.9 Å². The lowest BCUT2D eigenvalue weighted by Gasteiger charge is -2.22. The summed E-state index contributed by atoms with van der Waals surface area (Å²) in [4.78, 5) is 11.2. The minimum absolute atomic E-state index is 0.265. The van der Waals surface area contributed by atoms with E-state index in [1.807, 2.05) is 0 Å². The Kier molecular flexibility index (Phi) is 3.04. The number of hydrogen-bond donors (Lipinski definition) is 1. The van der Waals surface area contributed by atoms with Gasteiger partial charge in [0.25, 0.3) is 0 Å². The summed E-state index contributed by atoms with van der Waals surface area (Å²) in [6.45, 7) is 4.21. The van der Waals surface area contributed by atoms with Crippen LogP contribution in [-0.2, 0) is 17.6 Å². The molecule has 20 heavy (non-hydrogen) atoms. The van der Waals surface area contributed by atoms with E-state index in [1.165, 1.54) is 17.8 Å². The maximum Gasteiger partial charge on any atom is 0.306 e. The summed E-state index contributed by atoms with van der Waals surface area (Å²) >= 11 is 0. The Bertz CT molecular complexity index is 687. The van der Waals surface area contributed by atoms with E-state index < -0.39 is 5.97 Å². The molecular formula is C16H18FNO2. The number of aliphatic carboxylic acids is 1. The second-order valence-electron chi connectivity index (χ2n) is 5.83. The van der Waals surface area contributed by atoms with Gasteiger partial charge in [0.05, 0.1) is 5.92 Å². The quantitative estimate of drug-likeness (QED) is 0.910. The highest BCUT2D eigenvalue weighted by molar-refractivity contribution is 5.87. The number of benzene rings is 1. The summed E-state index contributed by atoms with van der Waals surface area (Å²) < 4.78 is 15.8. The molecule has 1 heterocycles. The van der Waals surface area contributed by atoms with E-state index >= 15 is 0 Å². The molecule has 0 spiro atoms. The zero-order chi connectivity index (χ0) is 14.4. The van der Waals surface area contributed by atoms with E-state index in [1.54, 1.807) is 6.07 Å². The Hall–Kier alpha value is -1.84. The molecule has 106 valence electrons. The van der Waals surface area contributed by atoms with Crippen molar-refractivity contribution in [2.75, 3.05) is 0 Å². The Balaban J connectivity index is 2.24. The molecule has 0 aliphatic heterocycles. The van der Waals surface area contributed by atoms with Crippen molar-refractivity contribution < 1.29 is 14.3 Å². The molecule has 3 rings (SSSR count). The molecule has 0 saturated carbocycles. The third-order valence-corrected chi connectivity index (χ3v) is 4.23. The molecule has 3 nitrogen and oxygen atoms in total. The predicted octanol–water partition coefficient (Wildman–Crippen LogP) is 3.55. The van der Waals surface area contributed by atoms with Gasteiger partial charge in [0.2, 0.25) is 0 Å². The fourth-order valence-corrected chi connectivity index (χ4v) is 3.37. The Morgan fingerprint density at radius 3 is 2.85 bits per heavy atom. The van der Waals surface area contributed by atoms with E-state index in [9.17, 15) is 14.3 Å². The largest absolute Gasteiger partial charge is 0.481 e. The summed E-state index contributed by atoms with van der Waals surface area (Å²) in [5.41, 5.74) is 3.21. The van der Waals surface area contributed by atoms with Crippen LogP contribution in [0.4, 0.5) is 4.39 Å². The predicted molar refractivity (Wildman–Crippen MR) is 75.4 cm³/mol. The summed E-state index contributed by atoms with van der Waals surface area (Å²) in [5.74, 6) is -1.37. The number of carbonyl (C=O) groups is 1. The fourth-order valence-electron chi connectivity index (χ4n) is 3.37. The maximum atomic E-state index is 13.5. The molecule has 1 aliphatic carbocycles. The Labute approximate surface area is 117 Å². The monoisotopic (exact) mass is 275 g/mol. The molecule has 0 bridgehead atoms. The van der Waals surface area contributed by atoms with Crippen LogP contribution in [0.1, 0.15) is 37.6 Å². The van der Waals surface area contributed by atoms with E-state index in [0.717, 1.165) is 22.9 Å². The van der Waals surface area contributed by atoms with Crippen molar-refractivity contribution in [2.45, 2.75) is 39.2 Å². The highest BCUT2D eigenvalue weighted by Crippen LogP contribution is 2.36. The van der Waals surface area contributed by atoms with E-state index in [4.69, 9.17) is 0 Å². The van der Waals surface area contributed by atoms with Gasteiger partial charge in [-0.2, -0.15) is 0 Å². The van der Waals surface area contributed by atoms with Gasteiger partial charge in [-0.3, -0.25) is 4.79 Å². The van der Waals surface area contributed by atoms with E-state index in [2.05, 4.69) is 18.4 Å². The summed E-state index contributed by atoms with van der Waals surface area (Å²) in [6.07, 6.45) is 1.92. The van der Waals surface area contributed by atoms with Crippen LogP contribution in [0, 0.1) is 11.7 Å². The highest BCUT2D eigenvalue weighted by atomic mass is 19.1. The van der Waals surface area contributed by atoms with Crippen LogP contribution in [0.5, 0.6) is 0 Å². The molecule has 1 aromatic heterocycles. The Morgan fingerprint density at radius 2 is 2.20 bits per heavy atom. The number of aromatic nitrogens is 1. The first-order chi connectivity index (χ1) is 9.49. The number of halogens is 1. The van der Waals surface area contributed by atoms with E-state index in [-0.39, 0.29) is 17.8 Å². The Morgan fingerprint density at radius 1 is 1.45 bits per heavy atom. The lowest BCUT2D eigenvalue weighted by Crippen LogP contribution is -2.23. The molecule has 1 atom stereocenters. The van der Waals surface area contributed by atoms with Crippen molar-refractivity contribution in [1.82, 2.24) is 4.57 Å². The van der Waals surface area contributed by atoms with Gasteiger partial charge < -0.3 is 9.67 Å². The lowest BCUT2D eigenvalue weighted by atomic mass is 9.86. The van der Waals surface area contributed by atoms with Gasteiger partial charge >= 0.3 is 5.97 Å². The van der Waals surface area contributed by atoms with Gasteiger partial charge in [-0.05, 0) is 56.9 Å². The molecule has 1 unspecified atom stereocenters. The average Bonchev–Trinajstić information content (AvgIpc) is 2.71. The van der Waals surface area contributed by atoms with Gasteiger partial charge in [0.1, 0.15) is 5.82 Å². The number of carboxylic acids is 1. The number of rotatable bonds is 2. The topological polar surface area (TPSA) is 42.2 Å². The fraction of sp³-hybridized carbons (Fsp3) is 0.438. The van der Waals surface area contributed by atoms with Crippen LogP contribution in [0.2, 0.25) is 0 Å². The first-order valence-corrected chi connectivity index (χ1v) is 7.03. The van der Waals surface area contributed by atoms with E-state index in [0.29, 0.717) is 12.8 Å². The van der Waals surface area contributed by atoms with Crippen molar-refractivity contribution in [2.24, 2.45) is 5.92 Å². The normalized spacial score (nSPS) is 18.5. The van der Waals surface area contributed by atoms with Crippen molar-refractivity contribution in [1.29, 1.82) is 0 Å². The molecule has 4 heteroatoms. The van der Waals surface area contributed by atoms with Crippen molar-refractivity contribution in [3.8, 4) is 0 Å². The van der Waals surface area contributed by atoms with Gasteiger partial charge in [-0.15, -0.1) is 0 Å². The molecule has 0 fully saturated rings. The average molecular weight is 275 g/mol. The molecular weight excluding hydrogens is 257 g/mol. The molecule has 2 aromatic rings. The first kappa shape index (κ1) is 13.2. The lowest BCUT2D eigenvalue weighted by molar-refractivity contribution is -0.142. The van der Waals surface area contributed by atoms with Crippen LogP contribution in [-0.4, -0.2) is 15.6 Å². The van der Waals surface area contributed by atoms with Crippen LogP contribution < -0.4 is 0 Å². The summed E-state index contributed by atoms with van der Waals surface area (Å²) in [5, 5.41) is 10.1. The smallest absolute Gasteiger partial charge is 0.306 e. The first-order valence-electron chi connectivity index (χ1n) is 7.03. The van der Waals surface area contributed by atoms with Gasteiger partial charge in [-0.1, -0.05) is 0 Å². The third-order valence-electron chi connectivity index (χ3n) is 4.23. The standard InChI is InChI=1S/C16H18FNO2/c1-9(2)18-14-5-3-10(16(19)20)7-12(14)13-8-11(17)4-6-15(13)18/h4,6,8-10H,3,5,7H2,1-2H3,(H,19,20). The number of carboxylic acid groups (broad SMARTS) is 1. The third kappa shape index (κ3) is 1.90. The van der Waals surface area contributed by atoms with Crippen LogP contribution >= 0.6 is 0 Å². The number of fused-ring (bicyclic) bond motifs is 3. The van der Waals surface area contributed by atoms with Crippen LogP contribution in [0.3, 0.4) is 0 Å². The molecule has 0 radical (unpaired) electrons. The van der Waals surface area contributed by atoms with Crippen LogP contribution in [0.15, 0.2) is 18.2 Å².